The lowest BCUT2D eigenvalue weighted by Crippen LogP contribution is -2.29. The van der Waals surface area contributed by atoms with Crippen LogP contribution < -0.4 is 0 Å². The maximum atomic E-state index is 9.82. The maximum Gasteiger partial charge on any atom is 0.0580 e. The summed E-state index contributed by atoms with van der Waals surface area (Å²) in [5, 5.41) is 9.82. The summed E-state index contributed by atoms with van der Waals surface area (Å²) < 4.78 is 1.17. The molecule has 0 spiro atoms. The number of halogens is 1. The molecule has 2 nitrogen and oxygen atoms in total. The van der Waals surface area contributed by atoms with E-state index in [1.165, 1.54) is 22.9 Å². The van der Waals surface area contributed by atoms with Gasteiger partial charge in [-0.2, -0.15) is 0 Å². The van der Waals surface area contributed by atoms with Crippen molar-refractivity contribution in [1.29, 1.82) is 0 Å². The fourth-order valence-corrected chi connectivity index (χ4v) is 3.02. The fraction of sp³-hybridized carbons (Fsp3) is 0.571. The van der Waals surface area contributed by atoms with Gasteiger partial charge in [-0.15, -0.1) is 0 Å². The van der Waals surface area contributed by atoms with E-state index in [1.54, 1.807) is 0 Å². The number of nitrogens with zero attached hydrogens (tertiary/aromatic N) is 1. The minimum atomic E-state index is -0.0864. The van der Waals surface area contributed by atoms with E-state index in [0.29, 0.717) is 5.92 Å². The number of hydrogen-bond donors (Lipinski definition) is 1. The van der Waals surface area contributed by atoms with Gasteiger partial charge in [0.2, 0.25) is 0 Å². The van der Waals surface area contributed by atoms with Crippen LogP contribution in [-0.4, -0.2) is 29.7 Å². The molecule has 2 rings (SSSR count). The second-order valence-electron chi connectivity index (χ2n) is 5.05. The van der Waals surface area contributed by atoms with Gasteiger partial charge >= 0.3 is 0 Å². The number of benzene rings is 1. The van der Waals surface area contributed by atoms with Gasteiger partial charge < -0.3 is 10.0 Å². The largest absolute Gasteiger partial charge is 0.393 e. The van der Waals surface area contributed by atoms with Crippen molar-refractivity contribution >= 4 is 15.9 Å². The zero-order valence-corrected chi connectivity index (χ0v) is 11.9. The standard InChI is InChI=1S/C14H20BrNO/c1-16(10-12-6-4-8-14(12)17)9-11-5-2-3-7-13(11)15/h2-3,5,7,12,14,17H,4,6,8-10H2,1H3. The number of aliphatic hydroxyl groups is 1. The van der Waals surface area contributed by atoms with Crippen molar-refractivity contribution in [3.05, 3.63) is 34.3 Å². The first-order valence-electron chi connectivity index (χ1n) is 6.27. The molecule has 0 aromatic heterocycles. The van der Waals surface area contributed by atoms with Gasteiger partial charge in [0.15, 0.2) is 0 Å². The van der Waals surface area contributed by atoms with Crippen molar-refractivity contribution in [2.45, 2.75) is 31.9 Å². The molecule has 0 amide bonds. The first-order chi connectivity index (χ1) is 8.16. The Morgan fingerprint density at radius 3 is 2.76 bits per heavy atom. The maximum absolute atomic E-state index is 9.82. The Labute approximate surface area is 112 Å². The van der Waals surface area contributed by atoms with Crippen LogP contribution in [0, 0.1) is 5.92 Å². The van der Waals surface area contributed by atoms with E-state index in [-0.39, 0.29) is 6.10 Å². The van der Waals surface area contributed by atoms with Gasteiger partial charge in [-0.1, -0.05) is 40.5 Å². The third-order valence-corrected chi connectivity index (χ3v) is 4.34. The van der Waals surface area contributed by atoms with Gasteiger partial charge in [0, 0.05) is 17.6 Å². The van der Waals surface area contributed by atoms with E-state index in [2.05, 4.69) is 46.1 Å². The minimum Gasteiger partial charge on any atom is -0.393 e. The summed E-state index contributed by atoms with van der Waals surface area (Å²) in [5.41, 5.74) is 1.31. The van der Waals surface area contributed by atoms with Crippen LogP contribution in [0.3, 0.4) is 0 Å². The molecule has 2 unspecified atom stereocenters. The molecular formula is C14H20BrNO. The molecule has 1 aromatic rings. The highest BCUT2D eigenvalue weighted by Gasteiger charge is 2.26. The highest BCUT2D eigenvalue weighted by Crippen LogP contribution is 2.26. The molecule has 1 aliphatic carbocycles. The third kappa shape index (κ3) is 3.54. The van der Waals surface area contributed by atoms with E-state index in [1.807, 2.05) is 6.07 Å². The van der Waals surface area contributed by atoms with Gasteiger partial charge in [0.1, 0.15) is 0 Å². The zero-order valence-electron chi connectivity index (χ0n) is 10.3. The normalized spacial score (nSPS) is 24.5. The van der Waals surface area contributed by atoms with Crippen LogP contribution in [0.2, 0.25) is 0 Å². The Morgan fingerprint density at radius 1 is 1.35 bits per heavy atom. The second kappa shape index (κ2) is 5.98. The summed E-state index contributed by atoms with van der Waals surface area (Å²) in [6, 6.07) is 8.33. The average molecular weight is 298 g/mol. The highest BCUT2D eigenvalue weighted by atomic mass is 79.9. The molecule has 0 bridgehead atoms. The van der Waals surface area contributed by atoms with Crippen molar-refractivity contribution in [2.24, 2.45) is 5.92 Å². The smallest absolute Gasteiger partial charge is 0.0580 e. The molecule has 3 heteroatoms. The SMILES string of the molecule is CN(Cc1ccccc1Br)CC1CCCC1O. The molecule has 1 aliphatic rings. The summed E-state index contributed by atoms with van der Waals surface area (Å²) >= 11 is 3.57. The number of hydrogen-bond acceptors (Lipinski definition) is 2. The van der Waals surface area contributed by atoms with E-state index >= 15 is 0 Å². The molecule has 94 valence electrons. The van der Waals surface area contributed by atoms with Crippen LogP contribution in [0.15, 0.2) is 28.7 Å². The summed E-state index contributed by atoms with van der Waals surface area (Å²) in [5.74, 6) is 0.461. The van der Waals surface area contributed by atoms with Crippen LogP contribution >= 0.6 is 15.9 Å². The van der Waals surface area contributed by atoms with Gasteiger partial charge in [-0.3, -0.25) is 0 Å². The molecule has 1 N–H and O–H groups in total. The predicted molar refractivity (Wildman–Crippen MR) is 73.8 cm³/mol. The van der Waals surface area contributed by atoms with Crippen molar-refractivity contribution < 1.29 is 5.11 Å². The first-order valence-corrected chi connectivity index (χ1v) is 7.06. The number of aliphatic hydroxyl groups excluding tert-OH is 1. The molecule has 0 saturated heterocycles. The van der Waals surface area contributed by atoms with Gasteiger partial charge in [-0.25, -0.2) is 0 Å². The Hall–Kier alpha value is -0.380. The summed E-state index contributed by atoms with van der Waals surface area (Å²) in [6.45, 7) is 1.92. The fourth-order valence-electron chi connectivity index (χ4n) is 2.61. The quantitative estimate of drug-likeness (QED) is 0.923. The Balaban J connectivity index is 1.89. The average Bonchev–Trinajstić information content (AvgIpc) is 2.68. The molecule has 17 heavy (non-hydrogen) atoms. The Bertz CT molecular complexity index is 369. The van der Waals surface area contributed by atoms with Crippen LogP contribution in [0.4, 0.5) is 0 Å². The van der Waals surface area contributed by atoms with Crippen molar-refractivity contribution in [3.63, 3.8) is 0 Å². The van der Waals surface area contributed by atoms with Gasteiger partial charge in [0.25, 0.3) is 0 Å². The molecule has 1 saturated carbocycles. The van der Waals surface area contributed by atoms with E-state index in [9.17, 15) is 5.11 Å². The summed E-state index contributed by atoms with van der Waals surface area (Å²) in [4.78, 5) is 2.30. The lowest BCUT2D eigenvalue weighted by molar-refractivity contribution is 0.108. The zero-order chi connectivity index (χ0) is 12.3. The minimum absolute atomic E-state index is 0.0864. The molecule has 2 atom stereocenters. The predicted octanol–water partition coefficient (Wildman–Crippen LogP) is 3.04. The van der Waals surface area contributed by atoms with Crippen LogP contribution in [0.5, 0.6) is 0 Å². The summed E-state index contributed by atoms with van der Waals surface area (Å²) in [6.07, 6.45) is 3.24. The second-order valence-corrected chi connectivity index (χ2v) is 5.90. The number of rotatable bonds is 4. The Kier molecular flexibility index (Phi) is 4.60. The molecule has 0 heterocycles. The van der Waals surface area contributed by atoms with E-state index in [4.69, 9.17) is 0 Å². The van der Waals surface area contributed by atoms with E-state index < -0.39 is 0 Å². The molecule has 0 radical (unpaired) electrons. The topological polar surface area (TPSA) is 23.5 Å². The summed E-state index contributed by atoms with van der Waals surface area (Å²) in [7, 11) is 2.13. The van der Waals surface area contributed by atoms with Crippen LogP contribution in [-0.2, 0) is 6.54 Å². The van der Waals surface area contributed by atoms with E-state index in [0.717, 1.165) is 19.5 Å². The van der Waals surface area contributed by atoms with Crippen LogP contribution in [0.25, 0.3) is 0 Å². The van der Waals surface area contributed by atoms with Crippen molar-refractivity contribution in [3.8, 4) is 0 Å². The highest BCUT2D eigenvalue weighted by molar-refractivity contribution is 9.10. The Morgan fingerprint density at radius 2 is 2.12 bits per heavy atom. The molecule has 1 aromatic carbocycles. The van der Waals surface area contributed by atoms with Crippen molar-refractivity contribution in [1.82, 2.24) is 4.90 Å². The first kappa shape index (κ1) is 13.1. The monoisotopic (exact) mass is 297 g/mol. The lowest BCUT2D eigenvalue weighted by Gasteiger charge is -2.23. The van der Waals surface area contributed by atoms with Crippen molar-refractivity contribution in [2.75, 3.05) is 13.6 Å². The third-order valence-electron chi connectivity index (χ3n) is 3.56. The lowest BCUT2D eigenvalue weighted by atomic mass is 10.1. The molecule has 1 fully saturated rings. The van der Waals surface area contributed by atoms with Gasteiger partial charge in [-0.05, 0) is 37.4 Å². The van der Waals surface area contributed by atoms with Crippen LogP contribution in [0.1, 0.15) is 24.8 Å². The van der Waals surface area contributed by atoms with Gasteiger partial charge in [0.05, 0.1) is 6.10 Å². The molecular weight excluding hydrogens is 278 g/mol. The molecule has 0 aliphatic heterocycles.